The van der Waals surface area contributed by atoms with Crippen LogP contribution in [0, 0.1) is 0 Å². The molecule has 0 aliphatic carbocycles. The first-order chi connectivity index (χ1) is 16.2. The Labute approximate surface area is 193 Å². The molecule has 0 radical (unpaired) electrons. The van der Waals surface area contributed by atoms with Gasteiger partial charge < -0.3 is 9.84 Å². The SMILES string of the molecule is O=C(O)CCCCCOc1ccccc1-c1cc(-c2ccccn2)nc(-c2ccccn2)c1. The van der Waals surface area contributed by atoms with Crippen molar-refractivity contribution in [2.75, 3.05) is 6.61 Å². The Bertz CT molecular complexity index is 1140. The van der Waals surface area contributed by atoms with Crippen LogP contribution in [0.3, 0.4) is 0 Å². The number of aliphatic carboxylic acids is 1. The molecule has 0 atom stereocenters. The highest BCUT2D eigenvalue weighted by atomic mass is 16.5. The fraction of sp³-hybridized carbons (Fsp3) is 0.185. The minimum Gasteiger partial charge on any atom is -0.493 e. The maximum absolute atomic E-state index is 10.7. The zero-order chi connectivity index (χ0) is 22.9. The third-order valence-electron chi connectivity index (χ3n) is 5.17. The van der Waals surface area contributed by atoms with Crippen molar-refractivity contribution >= 4 is 5.97 Å². The third kappa shape index (κ3) is 6.01. The standard InChI is InChI=1S/C27H25N3O3/c31-27(32)14-2-1-9-17-33-26-13-4-3-10-21(26)20-18-24(22-11-5-7-15-28-22)30-25(19-20)23-12-6-8-16-29-23/h3-8,10-13,15-16,18-19H,1-2,9,14,17H2,(H,31,32). The van der Waals surface area contributed by atoms with E-state index in [2.05, 4.69) is 9.97 Å². The van der Waals surface area contributed by atoms with Crippen LogP contribution >= 0.6 is 0 Å². The lowest BCUT2D eigenvalue weighted by atomic mass is 10.0. The molecular formula is C27H25N3O3. The number of carboxylic acid groups (broad SMARTS) is 1. The van der Waals surface area contributed by atoms with Crippen molar-refractivity contribution in [3.8, 4) is 39.7 Å². The van der Waals surface area contributed by atoms with Gasteiger partial charge in [-0.3, -0.25) is 14.8 Å². The maximum Gasteiger partial charge on any atom is 0.303 e. The molecule has 0 aliphatic heterocycles. The summed E-state index contributed by atoms with van der Waals surface area (Å²) >= 11 is 0. The number of hydrogen-bond donors (Lipinski definition) is 1. The Kier molecular flexibility index (Phi) is 7.38. The minimum absolute atomic E-state index is 0.195. The molecular weight excluding hydrogens is 414 g/mol. The van der Waals surface area contributed by atoms with Gasteiger partial charge in [-0.1, -0.05) is 30.3 Å². The Morgan fingerprint density at radius 1 is 0.758 bits per heavy atom. The van der Waals surface area contributed by atoms with E-state index in [1.807, 2.05) is 72.8 Å². The molecule has 6 nitrogen and oxygen atoms in total. The average molecular weight is 440 g/mol. The summed E-state index contributed by atoms with van der Waals surface area (Å²) in [5, 5.41) is 8.77. The molecule has 0 saturated heterocycles. The lowest BCUT2D eigenvalue weighted by Crippen LogP contribution is -2.00. The van der Waals surface area contributed by atoms with Crippen molar-refractivity contribution in [1.29, 1.82) is 0 Å². The van der Waals surface area contributed by atoms with E-state index in [9.17, 15) is 4.79 Å². The molecule has 0 amide bonds. The van der Waals surface area contributed by atoms with E-state index < -0.39 is 5.97 Å². The third-order valence-corrected chi connectivity index (χ3v) is 5.17. The molecule has 4 aromatic rings. The second kappa shape index (κ2) is 11.0. The number of aromatic nitrogens is 3. The van der Waals surface area contributed by atoms with Crippen molar-refractivity contribution in [2.45, 2.75) is 25.7 Å². The topological polar surface area (TPSA) is 85.2 Å². The predicted octanol–water partition coefficient (Wildman–Crippen LogP) is 5.90. The van der Waals surface area contributed by atoms with Crippen LogP contribution in [-0.4, -0.2) is 32.6 Å². The fourth-order valence-electron chi connectivity index (χ4n) is 3.55. The van der Waals surface area contributed by atoms with Gasteiger partial charge in [0.25, 0.3) is 0 Å². The van der Waals surface area contributed by atoms with Crippen LogP contribution in [0.5, 0.6) is 5.75 Å². The predicted molar refractivity (Wildman–Crippen MR) is 128 cm³/mol. The Balaban J connectivity index is 1.64. The number of para-hydroxylation sites is 1. The lowest BCUT2D eigenvalue weighted by molar-refractivity contribution is -0.137. The largest absolute Gasteiger partial charge is 0.493 e. The molecule has 4 rings (SSSR count). The van der Waals surface area contributed by atoms with Crippen molar-refractivity contribution in [3.63, 3.8) is 0 Å². The molecule has 0 unspecified atom stereocenters. The number of ether oxygens (including phenoxy) is 1. The number of carbonyl (C=O) groups is 1. The highest BCUT2D eigenvalue weighted by molar-refractivity contribution is 5.78. The molecule has 0 saturated carbocycles. The van der Waals surface area contributed by atoms with Gasteiger partial charge in [0.1, 0.15) is 5.75 Å². The number of carboxylic acids is 1. The first-order valence-corrected chi connectivity index (χ1v) is 11.0. The molecule has 1 N–H and O–H groups in total. The van der Waals surface area contributed by atoms with E-state index in [1.54, 1.807) is 12.4 Å². The van der Waals surface area contributed by atoms with Gasteiger partial charge in [0, 0.05) is 24.4 Å². The molecule has 166 valence electrons. The van der Waals surface area contributed by atoms with E-state index in [1.165, 1.54) is 0 Å². The second-order valence-corrected chi connectivity index (χ2v) is 7.61. The normalized spacial score (nSPS) is 10.7. The Morgan fingerprint density at radius 2 is 1.39 bits per heavy atom. The van der Waals surface area contributed by atoms with Gasteiger partial charge in [0.15, 0.2) is 0 Å². The summed E-state index contributed by atoms with van der Waals surface area (Å²) in [6, 6.07) is 23.5. The first kappa shape index (κ1) is 22.1. The summed E-state index contributed by atoms with van der Waals surface area (Å²) in [5.74, 6) is 0.0206. The highest BCUT2D eigenvalue weighted by Gasteiger charge is 2.13. The second-order valence-electron chi connectivity index (χ2n) is 7.61. The lowest BCUT2D eigenvalue weighted by Gasteiger charge is -2.14. The summed E-state index contributed by atoms with van der Waals surface area (Å²) < 4.78 is 6.09. The van der Waals surface area contributed by atoms with Crippen LogP contribution in [0.1, 0.15) is 25.7 Å². The number of hydrogen-bond acceptors (Lipinski definition) is 5. The van der Waals surface area contributed by atoms with Gasteiger partial charge >= 0.3 is 5.97 Å². The quantitative estimate of drug-likeness (QED) is 0.310. The molecule has 3 aromatic heterocycles. The van der Waals surface area contributed by atoms with Gasteiger partial charge in [-0.05, 0) is 67.3 Å². The Hall–Kier alpha value is -4.06. The summed E-state index contributed by atoms with van der Waals surface area (Å²) in [4.78, 5) is 24.4. The molecule has 0 bridgehead atoms. The molecule has 0 fully saturated rings. The van der Waals surface area contributed by atoms with E-state index >= 15 is 0 Å². The van der Waals surface area contributed by atoms with E-state index in [0.29, 0.717) is 13.0 Å². The molecule has 33 heavy (non-hydrogen) atoms. The van der Waals surface area contributed by atoms with Gasteiger partial charge in [0.2, 0.25) is 0 Å². The monoisotopic (exact) mass is 439 g/mol. The van der Waals surface area contributed by atoms with Crippen LogP contribution in [0.4, 0.5) is 0 Å². The first-order valence-electron chi connectivity index (χ1n) is 11.0. The summed E-state index contributed by atoms with van der Waals surface area (Å²) in [6.07, 6.45) is 5.98. The minimum atomic E-state index is -0.758. The van der Waals surface area contributed by atoms with Crippen LogP contribution in [0.15, 0.2) is 85.2 Å². The zero-order valence-corrected chi connectivity index (χ0v) is 18.2. The fourth-order valence-corrected chi connectivity index (χ4v) is 3.55. The molecule has 6 heteroatoms. The summed E-state index contributed by atoms with van der Waals surface area (Å²) in [7, 11) is 0. The van der Waals surface area contributed by atoms with E-state index in [-0.39, 0.29) is 6.42 Å². The van der Waals surface area contributed by atoms with E-state index in [4.69, 9.17) is 14.8 Å². The summed E-state index contributed by atoms with van der Waals surface area (Å²) in [5.41, 5.74) is 5.02. The van der Waals surface area contributed by atoms with Crippen molar-refractivity contribution in [1.82, 2.24) is 15.0 Å². The van der Waals surface area contributed by atoms with Crippen molar-refractivity contribution in [3.05, 3.63) is 85.2 Å². The molecule has 3 heterocycles. The van der Waals surface area contributed by atoms with Crippen molar-refractivity contribution in [2.24, 2.45) is 0 Å². The number of pyridine rings is 3. The number of nitrogens with zero attached hydrogens (tertiary/aromatic N) is 3. The van der Waals surface area contributed by atoms with Gasteiger partial charge in [0.05, 0.1) is 29.4 Å². The van der Waals surface area contributed by atoms with Crippen LogP contribution in [0.2, 0.25) is 0 Å². The van der Waals surface area contributed by atoms with Gasteiger partial charge in [-0.25, -0.2) is 4.98 Å². The number of unbranched alkanes of at least 4 members (excludes halogenated alkanes) is 2. The van der Waals surface area contributed by atoms with Crippen LogP contribution in [0.25, 0.3) is 33.9 Å². The molecule has 0 spiro atoms. The molecule has 0 aliphatic rings. The maximum atomic E-state index is 10.7. The summed E-state index contributed by atoms with van der Waals surface area (Å²) in [6.45, 7) is 0.530. The zero-order valence-electron chi connectivity index (χ0n) is 18.2. The smallest absolute Gasteiger partial charge is 0.303 e. The van der Waals surface area contributed by atoms with Crippen LogP contribution in [-0.2, 0) is 4.79 Å². The highest BCUT2D eigenvalue weighted by Crippen LogP contribution is 2.34. The molecule has 1 aromatic carbocycles. The number of benzene rings is 1. The van der Waals surface area contributed by atoms with Gasteiger partial charge in [-0.2, -0.15) is 0 Å². The average Bonchev–Trinajstić information content (AvgIpc) is 2.87. The Morgan fingerprint density at radius 3 is 2.00 bits per heavy atom. The number of rotatable bonds is 10. The van der Waals surface area contributed by atoms with Crippen LogP contribution < -0.4 is 4.74 Å². The van der Waals surface area contributed by atoms with E-state index in [0.717, 1.165) is 52.5 Å². The van der Waals surface area contributed by atoms with Crippen molar-refractivity contribution < 1.29 is 14.6 Å². The van der Waals surface area contributed by atoms with Gasteiger partial charge in [-0.15, -0.1) is 0 Å².